The van der Waals surface area contributed by atoms with Crippen LogP contribution in [0.5, 0.6) is 0 Å². The van der Waals surface area contributed by atoms with Crippen LogP contribution < -0.4 is 0 Å². The predicted octanol–water partition coefficient (Wildman–Crippen LogP) is 5.54. The van der Waals surface area contributed by atoms with Gasteiger partial charge in [-0.3, -0.25) is 0 Å². The molecule has 0 radical (unpaired) electrons. The highest BCUT2D eigenvalue weighted by Gasteiger charge is 2.02. The third-order valence-electron chi connectivity index (χ3n) is 3.37. The SMILES string of the molecule is C/C=C/c1ccc(-c2cccc3ccccc23)cc1. The Balaban J connectivity index is 2.13. The molecule has 0 aromatic heterocycles. The van der Waals surface area contributed by atoms with Gasteiger partial charge in [-0.25, -0.2) is 0 Å². The van der Waals surface area contributed by atoms with Crippen LogP contribution in [0.3, 0.4) is 0 Å². The predicted molar refractivity (Wildman–Crippen MR) is 84.1 cm³/mol. The van der Waals surface area contributed by atoms with E-state index in [1.54, 1.807) is 0 Å². The first kappa shape index (κ1) is 11.7. The number of allylic oxidation sites excluding steroid dienone is 1. The monoisotopic (exact) mass is 244 g/mol. The molecule has 0 bridgehead atoms. The van der Waals surface area contributed by atoms with Crippen LogP contribution in [0.4, 0.5) is 0 Å². The Bertz CT molecular complexity index is 713. The van der Waals surface area contributed by atoms with E-state index in [4.69, 9.17) is 0 Å². The van der Waals surface area contributed by atoms with E-state index in [2.05, 4.69) is 78.9 Å². The maximum absolute atomic E-state index is 2.19. The van der Waals surface area contributed by atoms with Crippen molar-refractivity contribution in [1.82, 2.24) is 0 Å². The van der Waals surface area contributed by atoms with Crippen LogP contribution in [0.15, 0.2) is 72.8 Å². The van der Waals surface area contributed by atoms with Crippen molar-refractivity contribution in [3.8, 4) is 11.1 Å². The summed E-state index contributed by atoms with van der Waals surface area (Å²) in [5.74, 6) is 0. The van der Waals surface area contributed by atoms with Gasteiger partial charge in [0.2, 0.25) is 0 Å². The standard InChI is InChI=1S/C19H16/c1-2-6-15-11-13-17(14-12-15)19-10-5-8-16-7-3-4-9-18(16)19/h2-14H,1H3/b6-2+. The fraction of sp³-hybridized carbons (Fsp3) is 0.0526. The van der Waals surface area contributed by atoms with Gasteiger partial charge in [-0.2, -0.15) is 0 Å². The Morgan fingerprint density at radius 3 is 2.26 bits per heavy atom. The van der Waals surface area contributed by atoms with Crippen molar-refractivity contribution in [2.75, 3.05) is 0 Å². The van der Waals surface area contributed by atoms with Gasteiger partial charge in [0.15, 0.2) is 0 Å². The third-order valence-corrected chi connectivity index (χ3v) is 3.37. The third kappa shape index (κ3) is 2.30. The molecule has 0 N–H and O–H groups in total. The second-order valence-electron chi connectivity index (χ2n) is 4.65. The first-order valence-electron chi connectivity index (χ1n) is 6.59. The highest BCUT2D eigenvalue weighted by molar-refractivity contribution is 5.96. The first-order valence-corrected chi connectivity index (χ1v) is 6.59. The Labute approximate surface area is 114 Å². The second kappa shape index (κ2) is 5.11. The minimum atomic E-state index is 1.24. The summed E-state index contributed by atoms with van der Waals surface area (Å²) in [6.45, 7) is 2.04. The molecule has 0 aliphatic carbocycles. The van der Waals surface area contributed by atoms with E-state index in [0.29, 0.717) is 0 Å². The summed E-state index contributed by atoms with van der Waals surface area (Å²) >= 11 is 0. The van der Waals surface area contributed by atoms with Crippen LogP contribution in [0.2, 0.25) is 0 Å². The minimum absolute atomic E-state index is 1.24. The van der Waals surface area contributed by atoms with Crippen LogP contribution in [-0.2, 0) is 0 Å². The second-order valence-corrected chi connectivity index (χ2v) is 4.65. The van der Waals surface area contributed by atoms with E-state index in [1.807, 2.05) is 6.92 Å². The minimum Gasteiger partial charge on any atom is -0.0871 e. The Morgan fingerprint density at radius 1 is 0.737 bits per heavy atom. The van der Waals surface area contributed by atoms with Crippen molar-refractivity contribution >= 4 is 16.8 Å². The summed E-state index contributed by atoms with van der Waals surface area (Å²) in [6, 6.07) is 23.7. The summed E-state index contributed by atoms with van der Waals surface area (Å²) in [5, 5.41) is 2.60. The molecule has 3 aromatic rings. The zero-order valence-corrected chi connectivity index (χ0v) is 11.0. The molecule has 0 aliphatic rings. The Hall–Kier alpha value is -2.34. The highest BCUT2D eigenvalue weighted by atomic mass is 14.1. The lowest BCUT2D eigenvalue weighted by Gasteiger charge is -2.07. The number of hydrogen-bond acceptors (Lipinski definition) is 0. The summed E-state index contributed by atoms with van der Waals surface area (Å²) in [4.78, 5) is 0. The molecule has 3 aromatic carbocycles. The van der Waals surface area contributed by atoms with Gasteiger partial charge in [0.25, 0.3) is 0 Å². The van der Waals surface area contributed by atoms with Crippen LogP contribution in [0.1, 0.15) is 12.5 Å². The molecule has 0 spiro atoms. The van der Waals surface area contributed by atoms with Gasteiger partial charge in [0, 0.05) is 0 Å². The number of rotatable bonds is 2. The van der Waals surface area contributed by atoms with E-state index in [9.17, 15) is 0 Å². The van der Waals surface area contributed by atoms with Crippen molar-refractivity contribution in [2.24, 2.45) is 0 Å². The molecule has 3 rings (SSSR count). The summed E-state index contributed by atoms with van der Waals surface area (Å²) in [6.07, 6.45) is 4.18. The smallest absolute Gasteiger partial charge is 0.0105 e. The van der Waals surface area contributed by atoms with Gasteiger partial charge in [0.05, 0.1) is 0 Å². The van der Waals surface area contributed by atoms with E-state index >= 15 is 0 Å². The maximum Gasteiger partial charge on any atom is -0.0105 e. The molecule has 0 unspecified atom stereocenters. The molecule has 0 nitrogen and oxygen atoms in total. The zero-order valence-electron chi connectivity index (χ0n) is 11.0. The summed E-state index contributed by atoms with van der Waals surface area (Å²) < 4.78 is 0. The molecule has 0 amide bonds. The van der Waals surface area contributed by atoms with Crippen molar-refractivity contribution < 1.29 is 0 Å². The molecule has 0 saturated heterocycles. The van der Waals surface area contributed by atoms with Crippen LogP contribution in [0.25, 0.3) is 28.0 Å². The summed E-state index contributed by atoms with van der Waals surface area (Å²) in [7, 11) is 0. The van der Waals surface area contributed by atoms with Crippen molar-refractivity contribution in [3.63, 3.8) is 0 Å². The first-order chi connectivity index (χ1) is 9.38. The van der Waals surface area contributed by atoms with Crippen molar-refractivity contribution in [3.05, 3.63) is 78.4 Å². The topological polar surface area (TPSA) is 0 Å². The normalized spacial score (nSPS) is 11.2. The molecular weight excluding hydrogens is 228 g/mol. The van der Waals surface area contributed by atoms with Gasteiger partial charge >= 0.3 is 0 Å². The molecular formula is C19H16. The average molecular weight is 244 g/mol. The van der Waals surface area contributed by atoms with Gasteiger partial charge in [-0.05, 0) is 34.4 Å². The van der Waals surface area contributed by atoms with Crippen LogP contribution >= 0.6 is 0 Å². The fourth-order valence-electron chi connectivity index (χ4n) is 2.44. The maximum atomic E-state index is 2.19. The number of benzene rings is 3. The highest BCUT2D eigenvalue weighted by Crippen LogP contribution is 2.28. The van der Waals surface area contributed by atoms with E-state index in [0.717, 1.165) is 0 Å². The number of fused-ring (bicyclic) bond motifs is 1. The van der Waals surface area contributed by atoms with Gasteiger partial charge in [-0.15, -0.1) is 0 Å². The lowest BCUT2D eigenvalue weighted by Crippen LogP contribution is -1.81. The van der Waals surface area contributed by atoms with Gasteiger partial charge < -0.3 is 0 Å². The van der Waals surface area contributed by atoms with Gasteiger partial charge in [0.1, 0.15) is 0 Å². The quantitative estimate of drug-likeness (QED) is 0.555. The lowest BCUT2D eigenvalue weighted by atomic mass is 9.97. The Morgan fingerprint density at radius 2 is 1.47 bits per heavy atom. The van der Waals surface area contributed by atoms with Crippen molar-refractivity contribution in [1.29, 1.82) is 0 Å². The van der Waals surface area contributed by atoms with Crippen molar-refractivity contribution in [2.45, 2.75) is 6.92 Å². The Kier molecular flexibility index (Phi) is 3.16. The molecule has 0 aliphatic heterocycles. The van der Waals surface area contributed by atoms with E-state index in [1.165, 1.54) is 27.5 Å². The largest absolute Gasteiger partial charge is 0.0871 e. The molecule has 0 fully saturated rings. The molecule has 0 saturated carbocycles. The molecule has 19 heavy (non-hydrogen) atoms. The lowest BCUT2D eigenvalue weighted by molar-refractivity contribution is 1.61. The molecule has 0 atom stereocenters. The van der Waals surface area contributed by atoms with Crippen LogP contribution in [-0.4, -0.2) is 0 Å². The van der Waals surface area contributed by atoms with E-state index < -0.39 is 0 Å². The van der Waals surface area contributed by atoms with E-state index in [-0.39, 0.29) is 0 Å². The van der Waals surface area contributed by atoms with Gasteiger partial charge in [-0.1, -0.05) is 78.9 Å². The molecule has 0 heterocycles. The average Bonchev–Trinajstić information content (AvgIpc) is 2.48. The summed E-state index contributed by atoms with van der Waals surface area (Å²) in [5.41, 5.74) is 3.81. The fourth-order valence-corrected chi connectivity index (χ4v) is 2.44. The molecule has 0 heteroatoms. The molecule has 92 valence electrons. The number of hydrogen-bond donors (Lipinski definition) is 0. The van der Waals surface area contributed by atoms with Crippen LogP contribution in [0, 0.1) is 0 Å². The zero-order chi connectivity index (χ0) is 13.1.